The molecule has 0 heteroatoms. The van der Waals surface area contributed by atoms with E-state index < -0.39 is 0 Å². The molecule has 766 valence electrons. The Kier molecular flexibility index (Phi) is 56.2. The third-order valence-corrected chi connectivity index (χ3v) is 34.5. The minimum atomic E-state index is 0.715. The number of hydrogen-bond acceptors (Lipinski definition) is 0. The summed E-state index contributed by atoms with van der Waals surface area (Å²) in [6.07, 6.45) is 117. The van der Waals surface area contributed by atoms with Crippen molar-refractivity contribution in [1.29, 1.82) is 0 Å². The Hall–Kier alpha value is -5.46. The van der Waals surface area contributed by atoms with Gasteiger partial charge in [0.05, 0.1) is 0 Å². The van der Waals surface area contributed by atoms with E-state index in [0.29, 0.717) is 11.8 Å². The van der Waals surface area contributed by atoms with E-state index in [1.807, 2.05) is 0 Å². The van der Waals surface area contributed by atoms with Crippen LogP contribution in [0.3, 0.4) is 0 Å². The van der Waals surface area contributed by atoms with E-state index in [9.17, 15) is 0 Å². The lowest BCUT2D eigenvalue weighted by Crippen LogP contribution is -2.06. The molecule has 0 saturated heterocycles. The Labute approximate surface area is 851 Å². The third kappa shape index (κ3) is 37.2. The van der Waals surface area contributed by atoms with Crippen LogP contribution in [0.4, 0.5) is 0 Å². The molecule has 0 bridgehead atoms. The van der Waals surface area contributed by atoms with Crippen molar-refractivity contribution >= 4 is 108 Å². The second kappa shape index (κ2) is 68.8. The van der Waals surface area contributed by atoms with Crippen LogP contribution < -0.4 is 0 Å². The zero-order chi connectivity index (χ0) is 96.3. The predicted octanol–water partition coefficient (Wildman–Crippen LogP) is 48.1. The molecule has 0 heterocycles. The van der Waals surface area contributed by atoms with E-state index in [0.717, 1.165) is 11.8 Å². The smallest absolute Gasteiger partial charge is 0.000718 e. The van der Waals surface area contributed by atoms with Crippen molar-refractivity contribution in [2.24, 2.45) is 23.7 Å². The van der Waals surface area contributed by atoms with Gasteiger partial charge in [-0.05, 0) is 179 Å². The quantitative estimate of drug-likeness (QED) is 0.0202. The van der Waals surface area contributed by atoms with Gasteiger partial charge in [-0.15, -0.1) is 0 Å². The van der Waals surface area contributed by atoms with Gasteiger partial charge < -0.3 is 0 Å². The van der Waals surface area contributed by atoms with Crippen molar-refractivity contribution in [3.05, 3.63) is 131 Å². The van der Waals surface area contributed by atoms with E-state index >= 15 is 0 Å². The van der Waals surface area contributed by atoms with Gasteiger partial charge in [0.2, 0.25) is 0 Å². The molecule has 0 nitrogen and oxygen atoms in total. The van der Waals surface area contributed by atoms with Crippen molar-refractivity contribution < 1.29 is 0 Å². The molecule has 11 rings (SSSR count). The van der Waals surface area contributed by atoms with Crippen LogP contribution in [-0.2, 0) is 25.7 Å². The molecule has 0 aliphatic rings. The van der Waals surface area contributed by atoms with Crippen molar-refractivity contribution in [3.63, 3.8) is 0 Å². The molecule has 11 aromatic carbocycles. The lowest BCUT2D eigenvalue weighted by molar-refractivity contribution is 0.400. The minimum Gasteiger partial charge on any atom is -0.0654 e. The number of unbranched alkanes of at least 4 members (excludes halogenated alkanes) is 64. The molecule has 0 amide bonds. The van der Waals surface area contributed by atoms with Gasteiger partial charge in [-0.25, -0.2) is 0 Å². The summed E-state index contributed by atoms with van der Waals surface area (Å²) >= 11 is 0. The fraction of sp³-hybridized carbons (Fsp3) is 0.696. The van der Waals surface area contributed by atoms with Crippen LogP contribution in [0.5, 0.6) is 0 Å². The second-order valence-electron chi connectivity index (χ2n) is 46.4. The Morgan fingerprint density at radius 2 is 0.254 bits per heavy atom. The maximum absolute atomic E-state index is 2.82. The van der Waals surface area contributed by atoms with E-state index in [-0.39, 0.29) is 0 Å². The number of fused-ring (bicyclic) bond motifs is 18. The molecule has 0 N–H and O–H groups in total. The van der Waals surface area contributed by atoms with Gasteiger partial charge in [0.25, 0.3) is 0 Å². The number of hydrogen-bond donors (Lipinski definition) is 0. The maximum atomic E-state index is 2.82. The highest BCUT2D eigenvalue weighted by molar-refractivity contribution is 6.54. The summed E-state index contributed by atoms with van der Waals surface area (Å²) in [7, 11) is 0. The second-order valence-corrected chi connectivity index (χ2v) is 46.4. The van der Waals surface area contributed by atoms with E-state index in [2.05, 4.69) is 165 Å². The summed E-state index contributed by atoms with van der Waals surface area (Å²) in [6.45, 7) is 18.9. The largest absolute Gasteiger partial charge is 0.0654 e. The zero-order valence-electron chi connectivity index (χ0n) is 92.1. The molecule has 0 fully saturated rings. The van der Waals surface area contributed by atoms with Crippen LogP contribution in [0.15, 0.2) is 109 Å². The van der Waals surface area contributed by atoms with E-state index in [1.165, 1.54) is 636 Å². The van der Waals surface area contributed by atoms with Crippen molar-refractivity contribution in [2.75, 3.05) is 0 Å². The van der Waals surface area contributed by atoms with E-state index in [4.69, 9.17) is 0 Å². The minimum absolute atomic E-state index is 0.715. The summed E-state index contributed by atoms with van der Waals surface area (Å²) in [4.78, 5) is 0. The lowest BCUT2D eigenvalue weighted by atomic mass is 9.85. The van der Waals surface area contributed by atoms with Gasteiger partial charge in [0.15, 0.2) is 0 Å². The summed E-state index contributed by atoms with van der Waals surface area (Å²) < 4.78 is 0. The van der Waals surface area contributed by atoms with Crippen LogP contribution in [0.1, 0.15) is 591 Å². The van der Waals surface area contributed by atoms with Crippen molar-refractivity contribution in [3.8, 4) is 0 Å². The molecular formula is C138H214. The van der Waals surface area contributed by atoms with Crippen LogP contribution in [0.25, 0.3) is 108 Å². The first kappa shape index (κ1) is 113. The molecule has 0 aromatic heterocycles. The average molecular weight is 1870 g/mol. The number of benzene rings is 9. The normalized spacial score (nSPS) is 13.2. The Morgan fingerprint density at radius 1 is 0.123 bits per heavy atom. The SMILES string of the molecule is CCCCCCCCCCCCC(CCCCCCCCCC)Cc1ccc2c3ccc(CC(CCCCCCCCCC)CCCCCCCCCCCC)cc3c3c(c2c1)c1cccc2c1c3c1cccc3c4c5cc(CC(CCCCCCCCCC)CCCCCCCCCCCC)ccc5c5ccc(CC(CCCCCCCCCC)CCCCCCCCCCCC)cc5c4c2c31. The van der Waals surface area contributed by atoms with Crippen molar-refractivity contribution in [2.45, 2.75) is 595 Å². The Bertz CT molecular complexity index is 4660. The van der Waals surface area contributed by atoms with Gasteiger partial charge in [-0.2, -0.15) is 0 Å². The van der Waals surface area contributed by atoms with E-state index in [1.54, 1.807) is 33.0 Å². The summed E-state index contributed by atoms with van der Waals surface area (Å²) in [5.74, 6) is 2.87. The van der Waals surface area contributed by atoms with Gasteiger partial charge in [-0.1, -0.05) is 678 Å². The summed E-state index contributed by atoms with van der Waals surface area (Å²) in [5, 5.41) is 30.2. The van der Waals surface area contributed by atoms with Gasteiger partial charge >= 0.3 is 0 Å². The molecule has 0 radical (unpaired) electrons. The molecule has 11 aromatic rings. The molecule has 0 spiro atoms. The molecule has 4 unspecified atom stereocenters. The van der Waals surface area contributed by atoms with Crippen molar-refractivity contribution in [1.82, 2.24) is 0 Å². The fourth-order valence-electron chi connectivity index (χ4n) is 26.2. The number of rotatable bonds is 88. The first-order valence-corrected chi connectivity index (χ1v) is 62.4. The first-order valence-electron chi connectivity index (χ1n) is 62.4. The fourth-order valence-corrected chi connectivity index (χ4v) is 26.2. The molecule has 0 saturated carbocycles. The van der Waals surface area contributed by atoms with Gasteiger partial charge in [-0.3, -0.25) is 0 Å². The molecule has 138 heavy (non-hydrogen) atoms. The molecule has 0 aliphatic heterocycles. The summed E-state index contributed by atoms with van der Waals surface area (Å²) in [5.41, 5.74) is 6.31. The molecular weight excluding hydrogens is 1660 g/mol. The van der Waals surface area contributed by atoms with Crippen LogP contribution in [0.2, 0.25) is 0 Å². The summed E-state index contributed by atoms with van der Waals surface area (Å²) in [6, 6.07) is 48.2. The topological polar surface area (TPSA) is 0 Å². The monoisotopic (exact) mass is 1870 g/mol. The standard InChI is InChI=1S/C138H214/c1-9-17-25-33-41-49-53-61-69-77-85-111(83-73-65-57-45-37-29-21-13-5)103-115-95-99-119-121-101-97-117(105-113(87-75-67-59-47-39-31-23-15-7)89-79-71-63-55-51-43-35-27-19-11-3)109-129(121)137-133(127(119)107-115)123-91-81-93-125-131(123)135(137)126-94-82-92-124-132(126)136(125)138-130-110-118(106-114(88-76-68-60-48-40-32-24-16-8)90-80-72-64-56-52-44-36-28-20-12-4)98-102-122(130)120-100-96-116(108-128(120)134(124)138)104-112(84-74-66-58-46-38-30-22-14-6)86-78-70-62-54-50-42-34-26-18-10-2/h81-82,91-102,107-114H,9-80,83-90,103-106H2,1-8H3. The highest BCUT2D eigenvalue weighted by Gasteiger charge is 2.29. The maximum Gasteiger partial charge on any atom is -0.000718 e. The van der Waals surface area contributed by atoms with Crippen LogP contribution in [-0.4, -0.2) is 0 Å². The van der Waals surface area contributed by atoms with Gasteiger partial charge in [0.1, 0.15) is 0 Å². The lowest BCUT2D eigenvalue weighted by Gasteiger charge is -2.19. The first-order chi connectivity index (χ1) is 68.4. The Morgan fingerprint density at radius 3 is 0.420 bits per heavy atom. The van der Waals surface area contributed by atoms with Crippen LogP contribution in [0, 0.1) is 23.7 Å². The highest BCUT2D eigenvalue weighted by Crippen LogP contribution is 2.56. The van der Waals surface area contributed by atoms with Crippen LogP contribution >= 0.6 is 0 Å². The Balaban J connectivity index is 1.07. The molecule has 4 atom stereocenters. The molecule has 0 aliphatic carbocycles. The highest BCUT2D eigenvalue weighted by atomic mass is 14.3. The zero-order valence-corrected chi connectivity index (χ0v) is 92.1. The predicted molar refractivity (Wildman–Crippen MR) is 627 cm³/mol. The average Bonchev–Trinajstić information content (AvgIpc) is 1.50. The van der Waals surface area contributed by atoms with Gasteiger partial charge in [0, 0.05) is 0 Å². The third-order valence-electron chi connectivity index (χ3n) is 34.5.